The van der Waals surface area contributed by atoms with Crippen LogP contribution in [0.1, 0.15) is 31.4 Å². The predicted molar refractivity (Wildman–Crippen MR) is 93.4 cm³/mol. The van der Waals surface area contributed by atoms with Crippen molar-refractivity contribution in [3.05, 3.63) is 11.8 Å². The van der Waals surface area contributed by atoms with Crippen LogP contribution in [0, 0.1) is 12.8 Å². The highest BCUT2D eigenvalue weighted by molar-refractivity contribution is 5.87. The number of nitrogens with zero attached hydrogens (tertiary/aromatic N) is 4. The molecule has 1 aliphatic carbocycles. The number of carbonyl (C=O) groups excluding carboxylic acids is 1. The standard InChI is InChI=1S/C17H27N5O2/c1-12-9-15(21(2)3)19-16(18-12)20-17(23)22-8-4-5-14(10-22)24-11-13-6-7-13/h9,13-14H,4-8,10-11H2,1-3H3,(H,18,19,20,23). The van der Waals surface area contributed by atoms with Crippen molar-refractivity contribution >= 4 is 17.8 Å². The molecule has 1 saturated carbocycles. The predicted octanol–water partition coefficient (Wildman–Crippen LogP) is 2.27. The van der Waals surface area contributed by atoms with E-state index in [2.05, 4.69) is 15.3 Å². The van der Waals surface area contributed by atoms with Gasteiger partial charge in [-0.25, -0.2) is 9.78 Å². The molecule has 1 N–H and O–H groups in total. The van der Waals surface area contributed by atoms with E-state index in [0.29, 0.717) is 12.5 Å². The van der Waals surface area contributed by atoms with Crippen LogP contribution >= 0.6 is 0 Å². The molecule has 7 nitrogen and oxygen atoms in total. The van der Waals surface area contributed by atoms with Crippen LogP contribution in [0.4, 0.5) is 16.6 Å². The van der Waals surface area contributed by atoms with Gasteiger partial charge < -0.3 is 14.5 Å². The average molecular weight is 333 g/mol. The first-order valence-corrected chi connectivity index (χ1v) is 8.72. The Kier molecular flexibility index (Phi) is 5.18. The van der Waals surface area contributed by atoms with Crippen LogP contribution in [0.3, 0.4) is 0 Å². The molecule has 1 aromatic heterocycles. The first-order chi connectivity index (χ1) is 11.5. The minimum atomic E-state index is -0.148. The van der Waals surface area contributed by atoms with Crippen molar-refractivity contribution in [2.75, 3.05) is 44.0 Å². The minimum Gasteiger partial charge on any atom is -0.376 e. The molecule has 1 atom stereocenters. The summed E-state index contributed by atoms with van der Waals surface area (Å²) in [6, 6.07) is 1.74. The highest BCUT2D eigenvalue weighted by Gasteiger charge is 2.28. The largest absolute Gasteiger partial charge is 0.376 e. The lowest BCUT2D eigenvalue weighted by atomic mass is 10.1. The van der Waals surface area contributed by atoms with Gasteiger partial charge in [0, 0.05) is 45.6 Å². The summed E-state index contributed by atoms with van der Waals surface area (Å²) in [5.41, 5.74) is 0.827. The Hall–Kier alpha value is -1.89. The molecule has 1 unspecified atom stereocenters. The fourth-order valence-corrected chi connectivity index (χ4v) is 2.83. The van der Waals surface area contributed by atoms with Crippen molar-refractivity contribution in [2.45, 2.75) is 38.7 Å². The number of amides is 2. The molecular weight excluding hydrogens is 306 g/mol. The third kappa shape index (κ3) is 4.56. The lowest BCUT2D eigenvalue weighted by Gasteiger charge is -2.32. The second-order valence-electron chi connectivity index (χ2n) is 7.00. The highest BCUT2D eigenvalue weighted by atomic mass is 16.5. The molecule has 0 aromatic carbocycles. The van der Waals surface area contributed by atoms with Gasteiger partial charge in [0.15, 0.2) is 0 Å². The Morgan fingerprint density at radius 2 is 2.17 bits per heavy atom. The summed E-state index contributed by atoms with van der Waals surface area (Å²) < 4.78 is 5.95. The summed E-state index contributed by atoms with van der Waals surface area (Å²) in [6.07, 6.45) is 4.73. The maximum Gasteiger partial charge on any atom is 0.324 e. The van der Waals surface area contributed by atoms with Crippen LogP contribution in [-0.2, 0) is 4.74 Å². The lowest BCUT2D eigenvalue weighted by molar-refractivity contribution is 0.00596. The van der Waals surface area contributed by atoms with Crippen molar-refractivity contribution < 1.29 is 9.53 Å². The monoisotopic (exact) mass is 333 g/mol. The van der Waals surface area contributed by atoms with Gasteiger partial charge in [0.2, 0.25) is 5.95 Å². The van der Waals surface area contributed by atoms with Gasteiger partial charge in [-0.15, -0.1) is 0 Å². The van der Waals surface area contributed by atoms with Gasteiger partial charge in [-0.2, -0.15) is 4.98 Å². The van der Waals surface area contributed by atoms with Crippen molar-refractivity contribution in [3.8, 4) is 0 Å². The van der Waals surface area contributed by atoms with Crippen LogP contribution in [-0.4, -0.2) is 60.8 Å². The van der Waals surface area contributed by atoms with Crippen molar-refractivity contribution in [1.82, 2.24) is 14.9 Å². The molecular formula is C17H27N5O2. The molecule has 132 valence electrons. The smallest absolute Gasteiger partial charge is 0.324 e. The molecule has 2 amide bonds. The average Bonchev–Trinajstić information content (AvgIpc) is 3.37. The number of urea groups is 1. The van der Waals surface area contributed by atoms with E-state index < -0.39 is 0 Å². The van der Waals surface area contributed by atoms with Crippen LogP contribution in [0.15, 0.2) is 6.07 Å². The van der Waals surface area contributed by atoms with E-state index in [1.165, 1.54) is 12.8 Å². The zero-order chi connectivity index (χ0) is 17.1. The van der Waals surface area contributed by atoms with E-state index >= 15 is 0 Å². The Labute approximate surface area is 143 Å². The first-order valence-electron chi connectivity index (χ1n) is 8.72. The van der Waals surface area contributed by atoms with Gasteiger partial charge in [0.25, 0.3) is 0 Å². The third-order valence-corrected chi connectivity index (χ3v) is 4.45. The molecule has 1 aromatic rings. The van der Waals surface area contributed by atoms with Gasteiger partial charge in [-0.1, -0.05) is 0 Å². The summed E-state index contributed by atoms with van der Waals surface area (Å²) in [5, 5.41) is 2.83. The van der Waals surface area contributed by atoms with E-state index in [0.717, 1.165) is 43.4 Å². The molecule has 0 radical (unpaired) electrons. The molecule has 3 rings (SSSR count). The number of rotatable bonds is 5. The van der Waals surface area contributed by atoms with Crippen molar-refractivity contribution in [1.29, 1.82) is 0 Å². The normalized spacial score (nSPS) is 20.8. The number of aryl methyl sites for hydroxylation is 1. The fraction of sp³-hybridized carbons (Fsp3) is 0.706. The van der Waals surface area contributed by atoms with E-state index in [-0.39, 0.29) is 12.1 Å². The molecule has 1 saturated heterocycles. The number of aromatic nitrogens is 2. The Balaban J connectivity index is 1.57. The zero-order valence-electron chi connectivity index (χ0n) is 14.8. The molecule has 0 bridgehead atoms. The second kappa shape index (κ2) is 7.34. The van der Waals surface area contributed by atoms with Crippen LogP contribution in [0.25, 0.3) is 0 Å². The quantitative estimate of drug-likeness (QED) is 0.895. The van der Waals surface area contributed by atoms with Gasteiger partial charge in [0.1, 0.15) is 5.82 Å². The molecule has 2 fully saturated rings. The fourth-order valence-electron chi connectivity index (χ4n) is 2.83. The number of carbonyl (C=O) groups is 1. The third-order valence-electron chi connectivity index (χ3n) is 4.45. The summed E-state index contributed by atoms with van der Waals surface area (Å²) in [5.74, 6) is 1.88. The number of nitrogens with one attached hydrogen (secondary N) is 1. The molecule has 1 aliphatic heterocycles. The van der Waals surface area contributed by atoms with Crippen LogP contribution in [0.5, 0.6) is 0 Å². The molecule has 2 aliphatic rings. The molecule has 2 heterocycles. The lowest BCUT2D eigenvalue weighted by Crippen LogP contribution is -2.45. The minimum absolute atomic E-state index is 0.148. The van der Waals surface area contributed by atoms with Gasteiger partial charge >= 0.3 is 6.03 Å². The maximum absolute atomic E-state index is 12.5. The zero-order valence-corrected chi connectivity index (χ0v) is 14.8. The maximum atomic E-state index is 12.5. The van der Waals surface area contributed by atoms with Gasteiger partial charge in [-0.05, 0) is 38.5 Å². The van der Waals surface area contributed by atoms with Crippen LogP contribution < -0.4 is 10.2 Å². The van der Waals surface area contributed by atoms with Gasteiger partial charge in [0.05, 0.1) is 6.10 Å². The van der Waals surface area contributed by atoms with Crippen molar-refractivity contribution in [2.24, 2.45) is 5.92 Å². The number of anilines is 2. The Bertz CT molecular complexity index is 588. The second-order valence-corrected chi connectivity index (χ2v) is 7.00. The SMILES string of the molecule is Cc1cc(N(C)C)nc(NC(=O)N2CCCC(OCC3CC3)C2)n1. The summed E-state index contributed by atoms with van der Waals surface area (Å²) in [6.45, 7) is 4.13. The number of hydrogen-bond donors (Lipinski definition) is 1. The van der Waals surface area contributed by atoms with E-state index in [1.54, 1.807) is 0 Å². The Morgan fingerprint density at radius 1 is 1.38 bits per heavy atom. The number of piperidine rings is 1. The van der Waals surface area contributed by atoms with Crippen LogP contribution in [0.2, 0.25) is 0 Å². The molecule has 7 heteroatoms. The van der Waals surface area contributed by atoms with E-state index in [9.17, 15) is 4.79 Å². The first kappa shape index (κ1) is 17.0. The number of ether oxygens (including phenoxy) is 1. The summed E-state index contributed by atoms with van der Waals surface area (Å²) in [7, 11) is 3.83. The Morgan fingerprint density at radius 3 is 2.88 bits per heavy atom. The van der Waals surface area contributed by atoms with E-state index in [1.807, 2.05) is 36.9 Å². The number of hydrogen-bond acceptors (Lipinski definition) is 5. The van der Waals surface area contributed by atoms with Crippen molar-refractivity contribution in [3.63, 3.8) is 0 Å². The number of likely N-dealkylation sites (tertiary alicyclic amines) is 1. The van der Waals surface area contributed by atoms with E-state index in [4.69, 9.17) is 4.74 Å². The topological polar surface area (TPSA) is 70.6 Å². The van der Waals surface area contributed by atoms with Gasteiger partial charge in [-0.3, -0.25) is 5.32 Å². The summed E-state index contributed by atoms with van der Waals surface area (Å²) in [4.78, 5) is 24.9. The molecule has 0 spiro atoms. The highest BCUT2D eigenvalue weighted by Crippen LogP contribution is 2.30. The molecule has 24 heavy (non-hydrogen) atoms. The summed E-state index contributed by atoms with van der Waals surface area (Å²) >= 11 is 0.